The molecule has 3 rings (SSSR count). The summed E-state index contributed by atoms with van der Waals surface area (Å²) in [5.41, 5.74) is 0.858. The highest BCUT2D eigenvalue weighted by atomic mass is 32.2. The number of hydrogen-bond acceptors (Lipinski definition) is 4. The molecule has 2 aromatic rings. The van der Waals surface area contributed by atoms with Crippen LogP contribution >= 0.6 is 0 Å². The van der Waals surface area contributed by atoms with Gasteiger partial charge in [-0.25, -0.2) is 17.8 Å². The molecule has 0 bridgehead atoms. The summed E-state index contributed by atoms with van der Waals surface area (Å²) in [7, 11) is -2.04. The maximum atomic E-state index is 13.6. The fraction of sp³-hybridized carbons (Fsp3) is 0.412. The van der Waals surface area contributed by atoms with Gasteiger partial charge in [0.15, 0.2) is 5.03 Å². The highest BCUT2D eigenvalue weighted by molar-refractivity contribution is 7.89. The van der Waals surface area contributed by atoms with Crippen molar-refractivity contribution in [3.05, 3.63) is 42.1 Å². The van der Waals surface area contributed by atoms with Crippen LogP contribution in [0.2, 0.25) is 0 Å². The smallest absolute Gasteiger partial charge is 0.262 e. The number of nitrogens with one attached hydrogen (secondary N) is 1. The second kappa shape index (κ2) is 7.16. The van der Waals surface area contributed by atoms with Gasteiger partial charge in [-0.05, 0) is 37.5 Å². The maximum absolute atomic E-state index is 13.6. The molecule has 1 saturated heterocycles. The Labute approximate surface area is 151 Å². The van der Waals surface area contributed by atoms with Gasteiger partial charge in [-0.15, -0.1) is 0 Å². The second-order valence-electron chi connectivity index (χ2n) is 6.53. The molecule has 0 spiro atoms. The third-order valence-corrected chi connectivity index (χ3v) is 6.23. The number of aromatic nitrogens is 2. The molecule has 1 aliphatic heterocycles. The van der Waals surface area contributed by atoms with Crippen molar-refractivity contribution in [1.82, 2.24) is 13.9 Å². The van der Waals surface area contributed by atoms with Gasteiger partial charge in [0.2, 0.25) is 5.91 Å². The Balaban J connectivity index is 1.71. The first-order valence-electron chi connectivity index (χ1n) is 8.32. The molecule has 1 atom stereocenters. The van der Waals surface area contributed by atoms with E-state index >= 15 is 0 Å². The first kappa shape index (κ1) is 18.5. The van der Waals surface area contributed by atoms with Crippen molar-refractivity contribution in [1.29, 1.82) is 0 Å². The normalized spacial score (nSPS) is 18.7. The molecule has 26 heavy (non-hydrogen) atoms. The quantitative estimate of drug-likeness (QED) is 0.878. The molecule has 1 aromatic carbocycles. The fourth-order valence-corrected chi connectivity index (χ4v) is 4.43. The Hall–Kier alpha value is -2.26. The van der Waals surface area contributed by atoms with E-state index in [1.165, 1.54) is 22.9 Å². The van der Waals surface area contributed by atoms with Crippen LogP contribution in [0.25, 0.3) is 0 Å². The number of carbonyl (C=O) groups excluding carboxylic acids is 1. The Kier molecular flexibility index (Phi) is 5.10. The lowest BCUT2D eigenvalue weighted by Crippen LogP contribution is -2.43. The molecule has 0 saturated carbocycles. The predicted octanol–water partition coefficient (Wildman–Crippen LogP) is 1.91. The van der Waals surface area contributed by atoms with E-state index in [1.807, 2.05) is 0 Å². The number of hydrogen-bond donors (Lipinski definition) is 1. The van der Waals surface area contributed by atoms with Crippen LogP contribution in [0.4, 0.5) is 10.1 Å². The highest BCUT2D eigenvalue weighted by Gasteiger charge is 2.34. The molecule has 1 fully saturated rings. The van der Waals surface area contributed by atoms with Crippen LogP contribution in [0.5, 0.6) is 0 Å². The molecule has 0 radical (unpaired) electrons. The van der Waals surface area contributed by atoms with E-state index in [1.54, 1.807) is 30.7 Å². The summed E-state index contributed by atoms with van der Waals surface area (Å²) in [6.45, 7) is 2.07. The number of aryl methyl sites for hydroxylation is 2. The van der Waals surface area contributed by atoms with Gasteiger partial charge in [-0.2, -0.15) is 4.31 Å². The lowest BCUT2D eigenvalue weighted by atomic mass is 9.98. The van der Waals surface area contributed by atoms with Gasteiger partial charge < -0.3 is 9.88 Å². The summed E-state index contributed by atoms with van der Waals surface area (Å²) in [5.74, 6) is -1.20. The van der Waals surface area contributed by atoms with Crippen LogP contribution in [-0.2, 0) is 21.9 Å². The van der Waals surface area contributed by atoms with Crippen molar-refractivity contribution in [3.8, 4) is 0 Å². The minimum Gasteiger partial charge on any atom is -0.339 e. The van der Waals surface area contributed by atoms with E-state index in [-0.39, 0.29) is 17.5 Å². The molecule has 9 heteroatoms. The predicted molar refractivity (Wildman–Crippen MR) is 94.5 cm³/mol. The Morgan fingerprint density at radius 2 is 2.15 bits per heavy atom. The number of anilines is 1. The molecule has 140 valence electrons. The SMILES string of the molecule is Cc1ccc(NC(=O)[C@@H]2CCCN(S(=O)(=O)c3cn(C)cn3)C2)cc1F. The van der Waals surface area contributed by atoms with E-state index in [2.05, 4.69) is 10.3 Å². The zero-order valence-corrected chi connectivity index (χ0v) is 15.5. The third kappa shape index (κ3) is 3.78. The van der Waals surface area contributed by atoms with Crippen molar-refractivity contribution in [2.45, 2.75) is 24.8 Å². The zero-order chi connectivity index (χ0) is 18.9. The lowest BCUT2D eigenvalue weighted by Gasteiger charge is -2.30. The molecule has 1 aliphatic rings. The second-order valence-corrected chi connectivity index (χ2v) is 8.42. The van der Waals surface area contributed by atoms with Gasteiger partial charge in [0.05, 0.1) is 12.2 Å². The number of benzene rings is 1. The summed E-state index contributed by atoms with van der Waals surface area (Å²) >= 11 is 0. The average Bonchev–Trinajstić information content (AvgIpc) is 3.05. The topological polar surface area (TPSA) is 84.3 Å². The summed E-state index contributed by atoms with van der Waals surface area (Å²) in [4.78, 5) is 16.4. The largest absolute Gasteiger partial charge is 0.339 e. The number of piperidine rings is 1. The van der Waals surface area contributed by atoms with Crippen LogP contribution in [0.3, 0.4) is 0 Å². The third-order valence-electron chi connectivity index (χ3n) is 4.48. The van der Waals surface area contributed by atoms with Crippen LogP contribution < -0.4 is 5.32 Å². The monoisotopic (exact) mass is 380 g/mol. The first-order chi connectivity index (χ1) is 12.3. The maximum Gasteiger partial charge on any atom is 0.262 e. The number of amides is 1. The Morgan fingerprint density at radius 3 is 2.81 bits per heavy atom. The van der Waals surface area contributed by atoms with Gasteiger partial charge in [-0.1, -0.05) is 6.07 Å². The number of carbonyl (C=O) groups is 1. The average molecular weight is 380 g/mol. The van der Waals surface area contributed by atoms with Crippen molar-refractivity contribution >= 4 is 21.6 Å². The van der Waals surface area contributed by atoms with Crippen LogP contribution in [0.1, 0.15) is 18.4 Å². The molecular weight excluding hydrogens is 359 g/mol. The standard InChI is InChI=1S/C17H21FN4O3S/c1-12-5-6-14(8-15(12)18)20-17(23)13-4-3-7-22(9-13)26(24,25)16-10-21(2)11-19-16/h5-6,8,10-11,13H,3-4,7,9H2,1-2H3,(H,20,23)/t13-/m1/s1. The molecule has 0 unspecified atom stereocenters. The van der Waals surface area contributed by atoms with Gasteiger partial charge in [0.25, 0.3) is 10.0 Å². The molecule has 1 N–H and O–H groups in total. The minimum atomic E-state index is -3.73. The van der Waals surface area contributed by atoms with Crippen molar-refractivity contribution < 1.29 is 17.6 Å². The Morgan fingerprint density at radius 1 is 1.38 bits per heavy atom. The van der Waals surface area contributed by atoms with Crippen molar-refractivity contribution in [2.75, 3.05) is 18.4 Å². The van der Waals surface area contributed by atoms with E-state index in [4.69, 9.17) is 0 Å². The summed E-state index contributed by atoms with van der Waals surface area (Å²) < 4.78 is 41.8. The molecule has 2 heterocycles. The van der Waals surface area contributed by atoms with E-state index in [0.29, 0.717) is 30.6 Å². The minimum absolute atomic E-state index is 0.0262. The number of sulfonamides is 1. The summed E-state index contributed by atoms with van der Waals surface area (Å²) in [6.07, 6.45) is 4.02. The van der Waals surface area contributed by atoms with Crippen LogP contribution in [0, 0.1) is 18.7 Å². The first-order valence-corrected chi connectivity index (χ1v) is 9.76. The summed E-state index contributed by atoms with van der Waals surface area (Å²) in [6, 6.07) is 4.48. The highest BCUT2D eigenvalue weighted by Crippen LogP contribution is 2.24. The molecule has 1 aromatic heterocycles. The number of halogens is 1. The van der Waals surface area contributed by atoms with Crippen LogP contribution in [0.15, 0.2) is 35.7 Å². The van der Waals surface area contributed by atoms with E-state index in [0.717, 1.165) is 0 Å². The fourth-order valence-electron chi connectivity index (χ4n) is 2.94. The number of nitrogens with zero attached hydrogens (tertiary/aromatic N) is 3. The van der Waals surface area contributed by atoms with Gasteiger partial charge in [-0.3, -0.25) is 4.79 Å². The lowest BCUT2D eigenvalue weighted by molar-refractivity contribution is -0.120. The number of rotatable bonds is 4. The van der Waals surface area contributed by atoms with E-state index < -0.39 is 21.8 Å². The zero-order valence-electron chi connectivity index (χ0n) is 14.6. The molecule has 7 nitrogen and oxygen atoms in total. The van der Waals surface area contributed by atoms with Crippen molar-refractivity contribution in [3.63, 3.8) is 0 Å². The number of imidazole rings is 1. The van der Waals surface area contributed by atoms with E-state index in [9.17, 15) is 17.6 Å². The van der Waals surface area contributed by atoms with Crippen molar-refractivity contribution in [2.24, 2.45) is 13.0 Å². The van der Waals surface area contributed by atoms with Crippen LogP contribution in [-0.4, -0.2) is 41.3 Å². The molecule has 1 amide bonds. The molecule has 0 aliphatic carbocycles. The van der Waals surface area contributed by atoms with Gasteiger partial charge >= 0.3 is 0 Å². The Bertz CT molecular complexity index is 926. The van der Waals surface area contributed by atoms with Gasteiger partial charge in [0.1, 0.15) is 5.82 Å². The molecular formula is C17H21FN4O3S. The summed E-state index contributed by atoms with van der Waals surface area (Å²) in [5, 5.41) is 2.65. The van der Waals surface area contributed by atoms with Gasteiger partial charge in [0, 0.05) is 32.0 Å².